The number of nitrogens with zero attached hydrogens (tertiary/aromatic N) is 4. The van der Waals surface area contributed by atoms with E-state index in [-0.39, 0.29) is 6.04 Å². The predicted octanol–water partition coefficient (Wildman–Crippen LogP) is 2.44. The van der Waals surface area contributed by atoms with E-state index in [1.807, 2.05) is 19.2 Å². The van der Waals surface area contributed by atoms with E-state index in [9.17, 15) is 0 Å². The van der Waals surface area contributed by atoms with Crippen LogP contribution in [-0.4, -0.2) is 46.3 Å². The lowest BCUT2D eigenvalue weighted by Gasteiger charge is -2.34. The van der Waals surface area contributed by atoms with Gasteiger partial charge in [0.2, 0.25) is 5.88 Å². The highest BCUT2D eigenvalue weighted by molar-refractivity contribution is 5.25. The van der Waals surface area contributed by atoms with Gasteiger partial charge in [-0.05, 0) is 19.9 Å². The summed E-state index contributed by atoms with van der Waals surface area (Å²) in [6.45, 7) is 8.53. The van der Waals surface area contributed by atoms with Crippen molar-refractivity contribution in [1.29, 1.82) is 0 Å². The first-order valence-electron chi connectivity index (χ1n) is 8.58. The zero-order valence-electron chi connectivity index (χ0n) is 14.7. The Balaban J connectivity index is 1.72. The van der Waals surface area contributed by atoms with Crippen LogP contribution < -0.4 is 4.74 Å². The molecule has 1 aliphatic heterocycles. The monoisotopic (exact) mass is 330 g/mol. The summed E-state index contributed by atoms with van der Waals surface area (Å²) in [7, 11) is 1.67. The second-order valence-electron chi connectivity index (χ2n) is 6.02. The maximum Gasteiger partial charge on any atom is 0.217 e. The summed E-state index contributed by atoms with van der Waals surface area (Å²) in [6, 6.07) is 4.30. The maximum atomic E-state index is 5.48. The summed E-state index contributed by atoms with van der Waals surface area (Å²) in [5.41, 5.74) is 2.38. The second kappa shape index (κ2) is 7.77. The molecule has 3 rings (SSSR count). The minimum absolute atomic E-state index is 0.268. The van der Waals surface area contributed by atoms with E-state index < -0.39 is 0 Å². The summed E-state index contributed by atoms with van der Waals surface area (Å²) in [4.78, 5) is 11.4. The number of hydrogen-bond acceptors (Lipinski definition) is 5. The number of hydrogen-bond donors (Lipinski definition) is 0. The van der Waals surface area contributed by atoms with Crippen molar-refractivity contribution in [2.75, 3.05) is 26.9 Å². The van der Waals surface area contributed by atoms with Crippen LogP contribution in [0.3, 0.4) is 0 Å². The van der Waals surface area contributed by atoms with Crippen LogP contribution in [0.25, 0.3) is 0 Å². The van der Waals surface area contributed by atoms with Crippen molar-refractivity contribution in [2.24, 2.45) is 0 Å². The van der Waals surface area contributed by atoms with Crippen LogP contribution in [0.2, 0.25) is 0 Å². The molecule has 6 nitrogen and oxygen atoms in total. The Morgan fingerprint density at radius 2 is 2.17 bits per heavy atom. The highest BCUT2D eigenvalue weighted by Crippen LogP contribution is 2.28. The third-order valence-electron chi connectivity index (χ3n) is 4.62. The smallest absolute Gasteiger partial charge is 0.217 e. The number of imidazole rings is 1. The van der Waals surface area contributed by atoms with Crippen LogP contribution in [-0.2, 0) is 24.2 Å². The Hall–Kier alpha value is -1.92. The number of pyridine rings is 1. The van der Waals surface area contributed by atoms with E-state index >= 15 is 0 Å². The molecular formula is C18H26N4O2. The van der Waals surface area contributed by atoms with Crippen molar-refractivity contribution in [2.45, 2.75) is 39.4 Å². The van der Waals surface area contributed by atoms with Crippen molar-refractivity contribution in [3.8, 4) is 5.88 Å². The minimum Gasteiger partial charge on any atom is -0.481 e. The molecule has 0 amide bonds. The molecule has 1 aliphatic rings. The Morgan fingerprint density at radius 1 is 1.29 bits per heavy atom. The van der Waals surface area contributed by atoms with Gasteiger partial charge in [-0.25, -0.2) is 9.97 Å². The minimum atomic E-state index is 0.268. The number of fused-ring (bicyclic) bond motifs is 1. The average Bonchev–Trinajstić information content (AvgIpc) is 3.02. The quantitative estimate of drug-likeness (QED) is 0.730. The predicted molar refractivity (Wildman–Crippen MR) is 92.0 cm³/mol. The molecule has 0 unspecified atom stereocenters. The summed E-state index contributed by atoms with van der Waals surface area (Å²) >= 11 is 0. The van der Waals surface area contributed by atoms with E-state index in [0.29, 0.717) is 5.88 Å². The first kappa shape index (κ1) is 16.9. The van der Waals surface area contributed by atoms with Crippen molar-refractivity contribution >= 4 is 0 Å². The third kappa shape index (κ3) is 3.44. The van der Waals surface area contributed by atoms with Crippen LogP contribution in [0.1, 0.15) is 37.0 Å². The van der Waals surface area contributed by atoms with Gasteiger partial charge in [0.25, 0.3) is 0 Å². The Kier molecular flexibility index (Phi) is 5.48. The van der Waals surface area contributed by atoms with Crippen LogP contribution in [0, 0.1) is 0 Å². The van der Waals surface area contributed by atoms with Gasteiger partial charge in [0, 0.05) is 56.3 Å². The lowest BCUT2D eigenvalue weighted by molar-refractivity contribution is 0.142. The van der Waals surface area contributed by atoms with E-state index in [1.165, 1.54) is 5.69 Å². The topological polar surface area (TPSA) is 52.4 Å². The van der Waals surface area contributed by atoms with E-state index in [1.54, 1.807) is 13.3 Å². The fourth-order valence-electron chi connectivity index (χ4n) is 3.29. The highest BCUT2D eigenvalue weighted by Gasteiger charge is 2.27. The molecule has 2 aromatic heterocycles. The van der Waals surface area contributed by atoms with E-state index in [0.717, 1.165) is 50.7 Å². The van der Waals surface area contributed by atoms with Gasteiger partial charge in [-0.15, -0.1) is 0 Å². The summed E-state index contributed by atoms with van der Waals surface area (Å²) < 4.78 is 13.2. The summed E-state index contributed by atoms with van der Waals surface area (Å²) in [6.07, 6.45) is 4.68. The fraction of sp³-hybridized carbons (Fsp3) is 0.556. The van der Waals surface area contributed by atoms with Crippen LogP contribution >= 0.6 is 0 Å². The standard InChI is InChI=1S/C18H26N4O2/c1-4-24-11-7-16-12-20-17-14(2)21(9-10-22(16)17)13-15-6-5-8-19-18(15)23-3/h5-6,8,12,14H,4,7,9-11,13H2,1-3H3/t14-/m1/s1. The number of rotatable bonds is 7. The van der Waals surface area contributed by atoms with Gasteiger partial charge in [0.05, 0.1) is 19.8 Å². The molecule has 0 radical (unpaired) electrons. The van der Waals surface area contributed by atoms with Crippen molar-refractivity contribution in [3.63, 3.8) is 0 Å². The molecular weight excluding hydrogens is 304 g/mol. The zero-order valence-corrected chi connectivity index (χ0v) is 14.7. The SMILES string of the molecule is CCOCCc1cnc2n1CCN(Cc1cccnc1OC)[C@@H]2C. The van der Waals surface area contributed by atoms with Gasteiger partial charge in [-0.3, -0.25) is 4.90 Å². The lowest BCUT2D eigenvalue weighted by atomic mass is 10.1. The van der Waals surface area contributed by atoms with Gasteiger partial charge in [0.15, 0.2) is 0 Å². The highest BCUT2D eigenvalue weighted by atomic mass is 16.5. The van der Waals surface area contributed by atoms with Crippen LogP contribution in [0.15, 0.2) is 24.5 Å². The molecule has 0 fully saturated rings. The van der Waals surface area contributed by atoms with Gasteiger partial charge < -0.3 is 14.0 Å². The molecule has 0 N–H and O–H groups in total. The molecule has 130 valence electrons. The third-order valence-corrected chi connectivity index (χ3v) is 4.62. The Labute approximate surface area is 143 Å². The molecule has 0 aromatic carbocycles. The second-order valence-corrected chi connectivity index (χ2v) is 6.02. The number of methoxy groups -OCH3 is 1. The first-order chi connectivity index (χ1) is 11.7. The molecule has 6 heteroatoms. The van der Waals surface area contributed by atoms with Crippen molar-refractivity contribution in [1.82, 2.24) is 19.4 Å². The number of aromatic nitrogens is 3. The average molecular weight is 330 g/mol. The molecule has 24 heavy (non-hydrogen) atoms. The van der Waals surface area contributed by atoms with E-state index in [4.69, 9.17) is 9.47 Å². The number of ether oxygens (including phenoxy) is 2. The van der Waals surface area contributed by atoms with Gasteiger partial charge in [0.1, 0.15) is 5.82 Å². The van der Waals surface area contributed by atoms with Gasteiger partial charge in [-0.2, -0.15) is 0 Å². The molecule has 2 aromatic rings. The lowest BCUT2D eigenvalue weighted by Crippen LogP contribution is -2.37. The normalized spacial score (nSPS) is 17.7. The molecule has 0 spiro atoms. The van der Waals surface area contributed by atoms with Crippen LogP contribution in [0.4, 0.5) is 0 Å². The summed E-state index contributed by atoms with van der Waals surface area (Å²) in [5.74, 6) is 1.84. The molecule has 0 saturated carbocycles. The Morgan fingerprint density at radius 3 is 2.96 bits per heavy atom. The Bertz CT molecular complexity index is 671. The first-order valence-corrected chi connectivity index (χ1v) is 8.58. The van der Waals surface area contributed by atoms with Crippen LogP contribution in [0.5, 0.6) is 5.88 Å². The molecule has 1 atom stereocenters. The van der Waals surface area contributed by atoms with Crippen molar-refractivity contribution < 1.29 is 9.47 Å². The summed E-state index contributed by atoms with van der Waals surface area (Å²) in [5, 5.41) is 0. The van der Waals surface area contributed by atoms with E-state index in [2.05, 4.69) is 32.4 Å². The fourth-order valence-corrected chi connectivity index (χ4v) is 3.29. The molecule has 0 bridgehead atoms. The van der Waals surface area contributed by atoms with Gasteiger partial charge in [-0.1, -0.05) is 6.07 Å². The zero-order chi connectivity index (χ0) is 16.9. The molecule has 0 aliphatic carbocycles. The van der Waals surface area contributed by atoms with Crippen molar-refractivity contribution in [3.05, 3.63) is 41.6 Å². The van der Waals surface area contributed by atoms with Gasteiger partial charge >= 0.3 is 0 Å². The largest absolute Gasteiger partial charge is 0.481 e. The maximum absolute atomic E-state index is 5.48. The molecule has 0 saturated heterocycles. The molecule has 3 heterocycles.